The standard InChI is InChI=1S/C23H30F3N5O3/c1-2-34-22(23(24,25)26)13-30(14-22)16-5-7-21(8-6-16,9-10-27)31-12-17(20(28)33)18(29-31)11-19(32)15-3-4-15/h12,15-16H,2-9,11,13-14H2,1H3,(H2,28,33). The number of aromatic nitrogens is 2. The van der Waals surface area contributed by atoms with Crippen LogP contribution in [0.15, 0.2) is 6.20 Å². The van der Waals surface area contributed by atoms with Gasteiger partial charge in [-0.25, -0.2) is 0 Å². The number of carbonyl (C=O) groups excluding carboxylic acids is 2. The van der Waals surface area contributed by atoms with Crippen molar-refractivity contribution in [1.29, 1.82) is 5.26 Å². The number of primary amides is 1. The van der Waals surface area contributed by atoms with Crippen molar-refractivity contribution in [2.45, 2.75) is 81.6 Å². The normalized spacial score (nSPS) is 27.1. The van der Waals surface area contributed by atoms with Crippen LogP contribution in [0.4, 0.5) is 13.2 Å². The van der Waals surface area contributed by atoms with Crippen LogP contribution in [0, 0.1) is 17.2 Å². The molecule has 2 aliphatic carbocycles. The molecule has 0 atom stereocenters. The summed E-state index contributed by atoms with van der Waals surface area (Å²) in [5.74, 6) is -0.622. The third kappa shape index (κ3) is 4.45. The fraction of sp³-hybridized carbons (Fsp3) is 0.739. The Morgan fingerprint density at radius 2 is 1.91 bits per heavy atom. The van der Waals surface area contributed by atoms with Gasteiger partial charge in [-0.05, 0) is 45.4 Å². The molecule has 186 valence electrons. The number of halogens is 3. The summed E-state index contributed by atoms with van der Waals surface area (Å²) in [4.78, 5) is 26.1. The van der Waals surface area contributed by atoms with Crippen LogP contribution < -0.4 is 5.73 Å². The molecule has 11 heteroatoms. The Hall–Kier alpha value is -2.45. The first kappa shape index (κ1) is 24.7. The monoisotopic (exact) mass is 481 g/mol. The second-order valence-corrected chi connectivity index (χ2v) is 9.84. The SMILES string of the molecule is CCOC1(C(F)(F)F)CN(C2CCC(CC#N)(n3cc(C(N)=O)c(CC(=O)C4CC4)n3)CC2)C1. The van der Waals surface area contributed by atoms with Gasteiger partial charge in [0.15, 0.2) is 5.60 Å². The first-order valence-electron chi connectivity index (χ1n) is 11.8. The van der Waals surface area contributed by atoms with Crippen molar-refractivity contribution < 1.29 is 27.5 Å². The number of nitrogens with two attached hydrogens (primary N) is 1. The molecule has 2 saturated carbocycles. The minimum Gasteiger partial charge on any atom is -0.365 e. The molecular weight excluding hydrogens is 451 g/mol. The van der Waals surface area contributed by atoms with Crippen molar-refractivity contribution in [2.24, 2.45) is 11.7 Å². The number of nitrogens with zero attached hydrogens (tertiary/aromatic N) is 4. The maximum absolute atomic E-state index is 13.5. The van der Waals surface area contributed by atoms with E-state index in [1.165, 1.54) is 6.20 Å². The first-order valence-corrected chi connectivity index (χ1v) is 11.8. The molecule has 2 heterocycles. The average molecular weight is 482 g/mol. The number of rotatable bonds is 9. The lowest BCUT2D eigenvalue weighted by atomic mass is 9.75. The fourth-order valence-electron chi connectivity index (χ4n) is 5.34. The number of Topliss-reactive ketones (excluding diaryl/α,β-unsaturated/α-hetero) is 1. The van der Waals surface area contributed by atoms with Crippen molar-refractivity contribution in [3.05, 3.63) is 17.5 Å². The number of hydrogen-bond donors (Lipinski definition) is 1. The number of ketones is 1. The van der Waals surface area contributed by atoms with Crippen molar-refractivity contribution in [2.75, 3.05) is 19.7 Å². The number of alkyl halides is 3. The van der Waals surface area contributed by atoms with Crippen LogP contribution >= 0.6 is 0 Å². The molecule has 0 radical (unpaired) electrons. The molecule has 0 spiro atoms. The molecule has 0 aromatic carbocycles. The number of hydrogen-bond acceptors (Lipinski definition) is 6. The maximum atomic E-state index is 13.5. The van der Waals surface area contributed by atoms with E-state index in [9.17, 15) is 28.0 Å². The molecule has 2 N–H and O–H groups in total. The average Bonchev–Trinajstić information content (AvgIpc) is 3.50. The summed E-state index contributed by atoms with van der Waals surface area (Å²) in [5.41, 5.74) is 3.25. The zero-order valence-corrected chi connectivity index (χ0v) is 19.2. The van der Waals surface area contributed by atoms with E-state index < -0.39 is 23.2 Å². The van der Waals surface area contributed by atoms with Gasteiger partial charge in [-0.2, -0.15) is 23.5 Å². The molecule has 1 aliphatic heterocycles. The predicted molar refractivity (Wildman–Crippen MR) is 115 cm³/mol. The molecule has 0 bridgehead atoms. The fourth-order valence-corrected chi connectivity index (χ4v) is 5.34. The number of amides is 1. The predicted octanol–water partition coefficient (Wildman–Crippen LogP) is 2.71. The number of carbonyl (C=O) groups is 2. The molecule has 3 aliphatic rings. The van der Waals surface area contributed by atoms with Crippen molar-refractivity contribution in [3.8, 4) is 6.07 Å². The molecule has 1 aromatic rings. The molecule has 0 unspecified atom stereocenters. The van der Waals surface area contributed by atoms with Crippen LogP contribution in [0.3, 0.4) is 0 Å². The Labute approximate surface area is 196 Å². The van der Waals surface area contributed by atoms with Gasteiger partial charge in [0, 0.05) is 37.9 Å². The lowest BCUT2D eigenvalue weighted by Crippen LogP contribution is -2.72. The molecular formula is C23H30F3N5O3. The lowest BCUT2D eigenvalue weighted by Gasteiger charge is -2.54. The van der Waals surface area contributed by atoms with E-state index in [4.69, 9.17) is 10.5 Å². The second-order valence-electron chi connectivity index (χ2n) is 9.84. The molecule has 34 heavy (non-hydrogen) atoms. The number of ether oxygens (including phenoxy) is 1. The highest BCUT2D eigenvalue weighted by Gasteiger charge is 2.64. The molecule has 1 aromatic heterocycles. The number of nitriles is 1. The minimum absolute atomic E-state index is 0.00360. The summed E-state index contributed by atoms with van der Waals surface area (Å²) in [7, 11) is 0. The van der Waals surface area contributed by atoms with Gasteiger partial charge in [-0.1, -0.05) is 0 Å². The first-order chi connectivity index (χ1) is 16.0. The van der Waals surface area contributed by atoms with E-state index in [2.05, 4.69) is 11.2 Å². The molecule has 1 saturated heterocycles. The smallest absolute Gasteiger partial charge is 0.365 e. The van der Waals surface area contributed by atoms with Gasteiger partial charge in [0.2, 0.25) is 0 Å². The Kier molecular flexibility index (Phi) is 6.50. The second kappa shape index (κ2) is 8.96. The lowest BCUT2D eigenvalue weighted by molar-refractivity contribution is -0.322. The third-order valence-corrected chi connectivity index (χ3v) is 7.58. The minimum atomic E-state index is -4.42. The van der Waals surface area contributed by atoms with E-state index in [1.807, 2.05) is 0 Å². The Morgan fingerprint density at radius 1 is 1.26 bits per heavy atom. The Bertz CT molecular complexity index is 981. The van der Waals surface area contributed by atoms with Gasteiger partial charge < -0.3 is 10.5 Å². The molecule has 1 amide bonds. The van der Waals surface area contributed by atoms with Gasteiger partial charge >= 0.3 is 6.18 Å². The summed E-state index contributed by atoms with van der Waals surface area (Å²) >= 11 is 0. The summed E-state index contributed by atoms with van der Waals surface area (Å²) in [6.45, 7) is 1.17. The summed E-state index contributed by atoms with van der Waals surface area (Å²) in [5, 5.41) is 14.1. The summed E-state index contributed by atoms with van der Waals surface area (Å²) in [6, 6.07) is 2.15. The van der Waals surface area contributed by atoms with E-state index in [-0.39, 0.29) is 55.8 Å². The van der Waals surface area contributed by atoms with Crippen LogP contribution in [0.1, 0.15) is 67.9 Å². The van der Waals surface area contributed by atoms with Gasteiger partial charge in [-0.15, -0.1) is 0 Å². The highest BCUT2D eigenvalue weighted by atomic mass is 19.4. The number of likely N-dealkylation sites (tertiary alicyclic amines) is 1. The Balaban J connectivity index is 1.48. The van der Waals surface area contributed by atoms with E-state index in [0.29, 0.717) is 31.4 Å². The van der Waals surface area contributed by atoms with E-state index in [0.717, 1.165) is 12.8 Å². The zero-order valence-electron chi connectivity index (χ0n) is 19.2. The highest BCUT2D eigenvalue weighted by Crippen LogP contribution is 2.46. The van der Waals surface area contributed by atoms with Crippen molar-refractivity contribution in [1.82, 2.24) is 14.7 Å². The van der Waals surface area contributed by atoms with Gasteiger partial charge in [-0.3, -0.25) is 19.2 Å². The summed E-state index contributed by atoms with van der Waals surface area (Å²) < 4.78 is 47.3. The molecule has 8 nitrogen and oxygen atoms in total. The van der Waals surface area contributed by atoms with Crippen LogP contribution in [0.2, 0.25) is 0 Å². The van der Waals surface area contributed by atoms with Crippen LogP contribution in [0.25, 0.3) is 0 Å². The van der Waals surface area contributed by atoms with Crippen LogP contribution in [0.5, 0.6) is 0 Å². The largest absolute Gasteiger partial charge is 0.419 e. The van der Waals surface area contributed by atoms with Gasteiger partial charge in [0.25, 0.3) is 5.91 Å². The zero-order chi connectivity index (χ0) is 24.7. The highest BCUT2D eigenvalue weighted by molar-refractivity contribution is 5.95. The van der Waals surface area contributed by atoms with Crippen molar-refractivity contribution in [3.63, 3.8) is 0 Å². The molecule has 4 rings (SSSR count). The summed E-state index contributed by atoms with van der Waals surface area (Å²) in [6.07, 6.45) is 1.19. The topological polar surface area (TPSA) is 114 Å². The van der Waals surface area contributed by atoms with Crippen molar-refractivity contribution >= 4 is 11.7 Å². The quantitative estimate of drug-likeness (QED) is 0.580. The van der Waals surface area contributed by atoms with E-state index >= 15 is 0 Å². The van der Waals surface area contributed by atoms with E-state index in [1.54, 1.807) is 16.5 Å². The van der Waals surface area contributed by atoms with Gasteiger partial charge in [0.05, 0.1) is 35.7 Å². The maximum Gasteiger partial charge on any atom is 0.419 e. The van der Waals surface area contributed by atoms with Gasteiger partial charge in [0.1, 0.15) is 5.78 Å². The third-order valence-electron chi connectivity index (χ3n) is 7.58. The van der Waals surface area contributed by atoms with Crippen LogP contribution in [-0.4, -0.2) is 63.9 Å². The Morgan fingerprint density at radius 3 is 2.41 bits per heavy atom. The molecule has 3 fully saturated rings. The van der Waals surface area contributed by atoms with Crippen LogP contribution in [-0.2, 0) is 21.5 Å².